The summed E-state index contributed by atoms with van der Waals surface area (Å²) in [5.74, 6) is -7.96. The molecule has 0 fully saturated rings. The van der Waals surface area contributed by atoms with Gasteiger partial charge in [0.15, 0.2) is 0 Å². The van der Waals surface area contributed by atoms with E-state index < -0.39 is 91.6 Å². The molecule has 317 valence electrons. The van der Waals surface area contributed by atoms with Gasteiger partial charge in [0.25, 0.3) is 0 Å². The van der Waals surface area contributed by atoms with E-state index in [1.54, 1.807) is 0 Å². The number of amides is 3. The Hall–Kier alpha value is -6.18. The van der Waals surface area contributed by atoms with Crippen molar-refractivity contribution in [3.63, 3.8) is 0 Å². The maximum atomic E-state index is 12.6. The number of hydrogen-bond donors (Lipinski definition) is 9. The maximum Gasteiger partial charge on any atom is 0 e. The number of unbranched alkanes of at least 4 members (excludes halogenated alkanes) is 1. The van der Waals surface area contributed by atoms with Crippen LogP contribution in [0.15, 0.2) is 24.8 Å². The number of urea groups is 1. The van der Waals surface area contributed by atoms with Crippen LogP contribution in [0, 0.1) is 20.0 Å². The van der Waals surface area contributed by atoms with Gasteiger partial charge in [-0.25, -0.2) is 29.1 Å². The molecule has 0 unspecified atom stereocenters. The van der Waals surface area contributed by atoms with Crippen molar-refractivity contribution < 1.29 is 103 Å². The first-order valence-electron chi connectivity index (χ1n) is 16.1. The van der Waals surface area contributed by atoms with E-state index in [1.165, 1.54) is 33.9 Å². The van der Waals surface area contributed by atoms with Crippen molar-refractivity contribution in [1.29, 1.82) is 0 Å². The van der Waals surface area contributed by atoms with Crippen molar-refractivity contribution in [3.8, 4) is 0 Å². The summed E-state index contributed by atoms with van der Waals surface area (Å²) in [6.45, 7) is 13.4. The first-order valence-corrected chi connectivity index (χ1v) is 16.1. The Morgan fingerprint density at radius 2 is 1.00 bits per heavy atom. The molecule has 0 saturated carbocycles. The number of aliphatic carboxylic acids is 6. The van der Waals surface area contributed by atoms with E-state index >= 15 is 0 Å². The summed E-state index contributed by atoms with van der Waals surface area (Å²) >= 11 is 0. The summed E-state index contributed by atoms with van der Waals surface area (Å²) in [7, 11) is 0. The maximum absolute atomic E-state index is 12.6. The molecule has 2 aromatic heterocycles. The molecule has 2 aromatic rings. The van der Waals surface area contributed by atoms with Gasteiger partial charge in [0.05, 0.1) is 13.1 Å². The molecule has 3 atom stereocenters. The Balaban J connectivity index is -0.00000412. The SMILES string of the molecule is O=C(O)CC[C@@H](NC(=O)N[C@@H](CCC(=O)N[C@H](CCCCN(Cc1nccn1CC(=O)O)Cc1nccn1CC(=O)O)C(=O)O)C(=O)O)C(=O)O.[C-]#[O+].[C-]#[O+].[C-]#[O+].[Re]. The van der Waals surface area contributed by atoms with Gasteiger partial charge >= 0.3 is 75.8 Å². The molecule has 26 heteroatoms. The molecule has 0 aliphatic carbocycles. The third-order valence-corrected chi connectivity index (χ3v) is 7.31. The number of carboxylic acids is 6. The number of hydrogen-bond acceptors (Lipinski definition) is 11. The van der Waals surface area contributed by atoms with Gasteiger partial charge in [0, 0.05) is 58.1 Å². The van der Waals surface area contributed by atoms with E-state index in [9.17, 15) is 58.8 Å². The number of carboxylic acid groups (broad SMARTS) is 6. The van der Waals surface area contributed by atoms with Crippen LogP contribution in [-0.2, 0) is 94.1 Å². The second kappa shape index (κ2) is 32.0. The monoisotopic (exact) mass is 995 g/mol. The van der Waals surface area contributed by atoms with Gasteiger partial charge in [-0.2, -0.15) is 0 Å². The van der Waals surface area contributed by atoms with Crippen molar-refractivity contribution >= 4 is 47.8 Å². The van der Waals surface area contributed by atoms with Crippen molar-refractivity contribution in [2.24, 2.45) is 0 Å². The topological polar surface area (TPSA) is 393 Å². The predicted molar refractivity (Wildman–Crippen MR) is 180 cm³/mol. The fourth-order valence-corrected chi connectivity index (χ4v) is 4.80. The van der Waals surface area contributed by atoms with Crippen LogP contribution in [0.25, 0.3) is 0 Å². The number of nitrogens with one attached hydrogen (secondary N) is 3. The minimum Gasteiger partial charge on any atom is 0 e. The molecule has 2 rings (SSSR count). The van der Waals surface area contributed by atoms with E-state index in [0.717, 1.165) is 0 Å². The quantitative estimate of drug-likeness (QED) is 0.0318. The zero-order chi connectivity index (χ0) is 44.1. The Bertz CT molecular complexity index is 1640. The molecule has 0 aliphatic heterocycles. The van der Waals surface area contributed by atoms with Crippen LogP contribution < -0.4 is 16.0 Å². The summed E-state index contributed by atoms with van der Waals surface area (Å²) in [5.41, 5.74) is 0. The molecule has 2 heterocycles. The second-order valence-corrected chi connectivity index (χ2v) is 11.3. The molecular weight excluding hydrogens is 955 g/mol. The molecule has 1 radical (unpaired) electrons. The molecule has 0 aliphatic rings. The molecule has 25 nitrogen and oxygen atoms in total. The van der Waals surface area contributed by atoms with E-state index in [4.69, 9.17) is 24.2 Å². The van der Waals surface area contributed by atoms with E-state index in [1.807, 2.05) is 15.5 Å². The summed E-state index contributed by atoms with van der Waals surface area (Å²) in [6.07, 6.45) is 4.42. The number of carbonyl (C=O) groups excluding carboxylic acids is 2. The molecule has 0 bridgehead atoms. The first-order chi connectivity index (χ1) is 27.0. The molecular formula is C32H40N8O17Re. The van der Waals surface area contributed by atoms with Gasteiger partial charge in [-0.05, 0) is 38.6 Å². The molecule has 0 aromatic carbocycles. The van der Waals surface area contributed by atoms with Gasteiger partial charge in [0.1, 0.15) is 42.9 Å². The largest absolute Gasteiger partial charge is 0 e. The number of aromatic nitrogens is 4. The Labute approximate surface area is 342 Å². The summed E-state index contributed by atoms with van der Waals surface area (Å²) < 4.78 is 25.4. The van der Waals surface area contributed by atoms with Gasteiger partial charge in [-0.1, -0.05) is 0 Å². The van der Waals surface area contributed by atoms with Crippen molar-refractivity contribution in [2.45, 2.75) is 89.3 Å². The fraction of sp³-hybridized carbons (Fsp3) is 0.469. The van der Waals surface area contributed by atoms with Crippen LogP contribution in [0.3, 0.4) is 0 Å². The minimum atomic E-state index is -1.67. The average molecular weight is 995 g/mol. The Morgan fingerprint density at radius 3 is 1.38 bits per heavy atom. The number of imidazole rings is 2. The minimum absolute atomic E-state index is 0. The van der Waals surface area contributed by atoms with Crippen LogP contribution in [0.1, 0.15) is 56.6 Å². The summed E-state index contributed by atoms with van der Waals surface area (Å²) in [6, 6.07) is -5.88. The van der Waals surface area contributed by atoms with E-state index in [-0.39, 0.29) is 59.4 Å². The van der Waals surface area contributed by atoms with Crippen LogP contribution in [0.5, 0.6) is 0 Å². The fourth-order valence-electron chi connectivity index (χ4n) is 4.80. The number of nitrogens with zero attached hydrogens (tertiary/aromatic N) is 5. The average Bonchev–Trinajstić information content (AvgIpc) is 3.79. The van der Waals surface area contributed by atoms with Crippen LogP contribution >= 0.6 is 0 Å². The van der Waals surface area contributed by atoms with Crippen molar-refractivity contribution in [3.05, 3.63) is 56.4 Å². The Kier molecular flexibility index (Phi) is 30.9. The summed E-state index contributed by atoms with van der Waals surface area (Å²) in [4.78, 5) is 103. The van der Waals surface area contributed by atoms with E-state index in [0.29, 0.717) is 24.6 Å². The van der Waals surface area contributed by atoms with Crippen LogP contribution in [-0.4, -0.2) is 127 Å². The normalized spacial score (nSPS) is 11.3. The number of rotatable bonds is 25. The standard InChI is InChI=1S/C29H40N8O14.3CO.Re/c38-22(6-4-18(27(47)48)33-29(51)34-19(28(49)50)5-7-23(39)40)32-17(26(45)46)3-1-2-10-35(13-20-30-8-11-36(20)15-24(41)42)14-21-31-9-12-37(21)16-25(43)44;3*1-2;/h8-9,11-12,17-19H,1-7,10,13-16H2,(H,32,38)(H,39,40)(H,41,42)(H,43,44)(H,45,46)(H,47,48)(H,49,50)(H2,33,34,51);;;;/t17-,18+,19-;;;;/m1..../s1. The zero-order valence-electron chi connectivity index (χ0n) is 30.3. The van der Waals surface area contributed by atoms with Crippen LogP contribution in [0.4, 0.5) is 4.79 Å². The molecule has 0 spiro atoms. The predicted octanol–water partition coefficient (Wildman–Crippen LogP) is -1.27. The van der Waals surface area contributed by atoms with E-state index in [2.05, 4.69) is 35.2 Å². The van der Waals surface area contributed by atoms with Gasteiger partial charge in [-0.3, -0.25) is 24.1 Å². The van der Waals surface area contributed by atoms with Crippen LogP contribution in [0.2, 0.25) is 0 Å². The third kappa shape index (κ3) is 23.7. The first kappa shape index (κ1) is 56.2. The molecule has 3 amide bonds. The zero-order valence-corrected chi connectivity index (χ0v) is 33.0. The number of carbonyl (C=O) groups is 8. The summed E-state index contributed by atoms with van der Waals surface area (Å²) in [5, 5.41) is 61.7. The molecule has 0 saturated heterocycles. The molecule has 9 N–H and O–H groups in total. The second-order valence-electron chi connectivity index (χ2n) is 11.3. The third-order valence-electron chi connectivity index (χ3n) is 7.31. The molecule has 58 heavy (non-hydrogen) atoms. The smallest absolute Gasteiger partial charge is 0 e. The Morgan fingerprint density at radius 1 is 0.603 bits per heavy atom. The van der Waals surface area contributed by atoms with Crippen molar-refractivity contribution in [2.75, 3.05) is 6.54 Å². The van der Waals surface area contributed by atoms with Gasteiger partial charge < -0.3 is 55.7 Å². The van der Waals surface area contributed by atoms with Gasteiger partial charge in [-0.15, -0.1) is 0 Å². The van der Waals surface area contributed by atoms with Gasteiger partial charge in [0.2, 0.25) is 5.91 Å². The van der Waals surface area contributed by atoms with Crippen molar-refractivity contribution in [1.82, 2.24) is 40.0 Å².